The van der Waals surface area contributed by atoms with Crippen molar-refractivity contribution in [2.24, 2.45) is 5.92 Å². The molecule has 0 radical (unpaired) electrons. The van der Waals surface area contributed by atoms with Gasteiger partial charge in [0.2, 0.25) is 0 Å². The molecule has 2 bridgehead atoms. The molecule has 2 heterocycles. The molecule has 2 aliphatic heterocycles. The SMILES string of the molecule is CC1(C)O[C@]2(C)CC[C@H]1C[C@H]2OC(=O)C=Cc1ccccc1. The van der Waals surface area contributed by atoms with Gasteiger partial charge in [-0.05, 0) is 57.6 Å². The summed E-state index contributed by atoms with van der Waals surface area (Å²) in [6, 6.07) is 9.76. The van der Waals surface area contributed by atoms with E-state index in [2.05, 4.69) is 20.8 Å². The van der Waals surface area contributed by atoms with Gasteiger partial charge in [0.1, 0.15) is 11.7 Å². The first-order valence-corrected chi connectivity index (χ1v) is 8.03. The van der Waals surface area contributed by atoms with Gasteiger partial charge in [-0.1, -0.05) is 30.3 Å². The van der Waals surface area contributed by atoms with Gasteiger partial charge in [0, 0.05) is 6.08 Å². The van der Waals surface area contributed by atoms with E-state index in [0.717, 1.165) is 24.8 Å². The predicted octanol–water partition coefficient (Wildman–Crippen LogP) is 3.98. The third-order valence-electron chi connectivity index (χ3n) is 5.12. The zero-order chi connectivity index (χ0) is 15.8. The molecule has 3 aliphatic rings. The molecule has 3 atom stereocenters. The normalized spacial score (nSPS) is 33.0. The molecule has 118 valence electrons. The standard InChI is InChI=1S/C19H24O3/c1-18(2)15-11-12-19(3,22-18)16(13-15)21-17(20)10-9-14-7-5-4-6-8-14/h4-10,15-16H,11-13H2,1-3H3/t15-,16+,19+/m0/s1. The Hall–Kier alpha value is -1.61. The molecular formula is C19H24O3. The van der Waals surface area contributed by atoms with Crippen LogP contribution in [0.15, 0.2) is 36.4 Å². The van der Waals surface area contributed by atoms with E-state index >= 15 is 0 Å². The summed E-state index contributed by atoms with van der Waals surface area (Å²) in [6.45, 7) is 6.35. The van der Waals surface area contributed by atoms with Crippen LogP contribution in [0.4, 0.5) is 0 Å². The Labute approximate surface area is 132 Å². The fourth-order valence-corrected chi connectivity index (χ4v) is 3.76. The van der Waals surface area contributed by atoms with Crippen LogP contribution in [-0.2, 0) is 14.3 Å². The number of fused-ring (bicyclic) bond motifs is 3. The predicted molar refractivity (Wildman–Crippen MR) is 86.3 cm³/mol. The molecule has 3 heteroatoms. The van der Waals surface area contributed by atoms with Gasteiger partial charge < -0.3 is 9.47 Å². The number of carbonyl (C=O) groups excluding carboxylic acids is 1. The Bertz CT molecular complexity index is 576. The van der Waals surface area contributed by atoms with E-state index in [9.17, 15) is 4.79 Å². The van der Waals surface area contributed by atoms with E-state index < -0.39 is 0 Å². The lowest BCUT2D eigenvalue weighted by atomic mass is 9.67. The van der Waals surface area contributed by atoms with Crippen LogP contribution in [-0.4, -0.2) is 23.3 Å². The summed E-state index contributed by atoms with van der Waals surface area (Å²) < 4.78 is 11.9. The van der Waals surface area contributed by atoms with Crippen LogP contribution in [0.3, 0.4) is 0 Å². The van der Waals surface area contributed by atoms with E-state index in [1.165, 1.54) is 6.08 Å². The second kappa shape index (κ2) is 5.54. The molecule has 1 aromatic rings. The van der Waals surface area contributed by atoms with Gasteiger partial charge in [0.05, 0.1) is 5.60 Å². The zero-order valence-electron chi connectivity index (χ0n) is 13.5. The maximum Gasteiger partial charge on any atom is 0.331 e. The molecule has 3 fully saturated rings. The Morgan fingerprint density at radius 1 is 1.27 bits per heavy atom. The molecule has 0 unspecified atom stereocenters. The number of esters is 1. The van der Waals surface area contributed by atoms with Crippen LogP contribution >= 0.6 is 0 Å². The Morgan fingerprint density at radius 3 is 2.64 bits per heavy atom. The summed E-state index contributed by atoms with van der Waals surface area (Å²) in [7, 11) is 0. The quantitative estimate of drug-likeness (QED) is 0.625. The van der Waals surface area contributed by atoms with Crippen molar-refractivity contribution in [2.75, 3.05) is 0 Å². The first-order chi connectivity index (χ1) is 10.4. The van der Waals surface area contributed by atoms with E-state index in [-0.39, 0.29) is 23.3 Å². The van der Waals surface area contributed by atoms with Crippen LogP contribution < -0.4 is 0 Å². The molecule has 3 nitrogen and oxygen atoms in total. The lowest BCUT2D eigenvalue weighted by molar-refractivity contribution is -0.277. The van der Waals surface area contributed by atoms with Crippen molar-refractivity contribution in [3.05, 3.63) is 42.0 Å². The maximum atomic E-state index is 12.1. The van der Waals surface area contributed by atoms with Crippen molar-refractivity contribution < 1.29 is 14.3 Å². The maximum absolute atomic E-state index is 12.1. The molecule has 1 aliphatic carbocycles. The fourth-order valence-electron chi connectivity index (χ4n) is 3.76. The first kappa shape index (κ1) is 15.3. The molecule has 0 spiro atoms. The third kappa shape index (κ3) is 2.95. The van der Waals surface area contributed by atoms with Gasteiger partial charge in [0.25, 0.3) is 0 Å². The topological polar surface area (TPSA) is 35.5 Å². The molecule has 0 amide bonds. The van der Waals surface area contributed by atoms with Crippen LogP contribution in [0.1, 0.15) is 45.6 Å². The van der Waals surface area contributed by atoms with Gasteiger partial charge in [-0.3, -0.25) is 0 Å². The highest BCUT2D eigenvalue weighted by Crippen LogP contribution is 2.50. The summed E-state index contributed by atoms with van der Waals surface area (Å²) in [5.74, 6) is 0.175. The van der Waals surface area contributed by atoms with E-state index in [1.807, 2.05) is 30.3 Å². The summed E-state index contributed by atoms with van der Waals surface area (Å²) in [5.41, 5.74) is 0.526. The van der Waals surface area contributed by atoms with E-state index in [4.69, 9.17) is 9.47 Å². The minimum Gasteiger partial charge on any atom is -0.456 e. The fraction of sp³-hybridized carbons (Fsp3) is 0.526. The van der Waals surface area contributed by atoms with Gasteiger partial charge >= 0.3 is 5.97 Å². The Morgan fingerprint density at radius 2 is 2.00 bits per heavy atom. The monoisotopic (exact) mass is 300 g/mol. The zero-order valence-corrected chi connectivity index (χ0v) is 13.5. The van der Waals surface area contributed by atoms with E-state index in [0.29, 0.717) is 5.92 Å². The van der Waals surface area contributed by atoms with Crippen LogP contribution in [0.5, 0.6) is 0 Å². The lowest BCUT2D eigenvalue weighted by Gasteiger charge is -2.56. The molecule has 1 aromatic carbocycles. The van der Waals surface area contributed by atoms with Crippen LogP contribution in [0, 0.1) is 5.92 Å². The first-order valence-electron chi connectivity index (χ1n) is 8.03. The van der Waals surface area contributed by atoms with Crippen molar-refractivity contribution in [1.29, 1.82) is 0 Å². The summed E-state index contributed by atoms with van der Waals surface area (Å²) in [6.07, 6.45) is 6.16. The van der Waals surface area contributed by atoms with Crippen molar-refractivity contribution >= 4 is 12.0 Å². The second-order valence-corrected chi connectivity index (χ2v) is 7.16. The summed E-state index contributed by atoms with van der Waals surface area (Å²) in [5, 5.41) is 0. The highest BCUT2D eigenvalue weighted by Gasteiger charge is 2.55. The van der Waals surface area contributed by atoms with Crippen LogP contribution in [0.2, 0.25) is 0 Å². The highest BCUT2D eigenvalue weighted by atomic mass is 16.6. The Kier molecular flexibility index (Phi) is 3.85. The number of hydrogen-bond donors (Lipinski definition) is 0. The van der Waals surface area contributed by atoms with E-state index in [1.54, 1.807) is 6.08 Å². The van der Waals surface area contributed by atoms with Crippen molar-refractivity contribution in [3.8, 4) is 0 Å². The average molecular weight is 300 g/mol. The van der Waals surface area contributed by atoms with Gasteiger partial charge in [-0.2, -0.15) is 0 Å². The third-order valence-corrected chi connectivity index (χ3v) is 5.12. The number of ether oxygens (including phenoxy) is 2. The van der Waals surface area contributed by atoms with Crippen molar-refractivity contribution in [3.63, 3.8) is 0 Å². The number of carbonyl (C=O) groups is 1. The summed E-state index contributed by atoms with van der Waals surface area (Å²) in [4.78, 5) is 12.1. The molecule has 0 N–H and O–H groups in total. The molecule has 22 heavy (non-hydrogen) atoms. The second-order valence-electron chi connectivity index (χ2n) is 7.16. The Balaban J connectivity index is 1.64. The van der Waals surface area contributed by atoms with Gasteiger partial charge in [0.15, 0.2) is 0 Å². The van der Waals surface area contributed by atoms with Gasteiger partial charge in [-0.15, -0.1) is 0 Å². The number of benzene rings is 1. The lowest BCUT2D eigenvalue weighted by Crippen LogP contribution is -2.62. The van der Waals surface area contributed by atoms with Gasteiger partial charge in [-0.25, -0.2) is 4.79 Å². The molecule has 1 saturated carbocycles. The van der Waals surface area contributed by atoms with Crippen molar-refractivity contribution in [2.45, 2.75) is 57.3 Å². The summed E-state index contributed by atoms with van der Waals surface area (Å²) >= 11 is 0. The number of rotatable bonds is 3. The minimum atomic E-state index is -0.353. The minimum absolute atomic E-state index is 0.115. The molecular weight excluding hydrogens is 276 g/mol. The average Bonchev–Trinajstić information content (AvgIpc) is 2.47. The van der Waals surface area contributed by atoms with Crippen LogP contribution in [0.25, 0.3) is 6.08 Å². The smallest absolute Gasteiger partial charge is 0.331 e. The van der Waals surface area contributed by atoms with Crippen molar-refractivity contribution in [1.82, 2.24) is 0 Å². The number of hydrogen-bond acceptors (Lipinski definition) is 3. The molecule has 4 rings (SSSR count). The molecule has 2 saturated heterocycles. The molecule has 0 aromatic heterocycles. The largest absolute Gasteiger partial charge is 0.456 e. The highest BCUT2D eigenvalue weighted by molar-refractivity contribution is 5.87.